The number of carbonyl (C=O) groups excluding carboxylic acids is 2. The predicted molar refractivity (Wildman–Crippen MR) is 95.9 cm³/mol. The second-order valence-electron chi connectivity index (χ2n) is 5.63. The predicted octanol–water partition coefficient (Wildman–Crippen LogP) is 2.09. The van der Waals surface area contributed by atoms with Gasteiger partial charge in [0.2, 0.25) is 11.8 Å². The first kappa shape index (κ1) is 17.9. The molecule has 0 fully saturated rings. The molecule has 7 heteroatoms. The van der Waals surface area contributed by atoms with Crippen molar-refractivity contribution in [1.82, 2.24) is 15.6 Å². The molecular weight excluding hydrogens is 324 g/mol. The monoisotopic (exact) mass is 346 g/mol. The van der Waals surface area contributed by atoms with Gasteiger partial charge in [0.15, 0.2) is 0 Å². The summed E-state index contributed by atoms with van der Waals surface area (Å²) in [6.45, 7) is 1.86. The van der Waals surface area contributed by atoms with Gasteiger partial charge in [-0.25, -0.2) is 4.98 Å². The molecule has 0 aliphatic heterocycles. The highest BCUT2D eigenvalue weighted by Gasteiger charge is 2.18. The van der Waals surface area contributed by atoms with Crippen LogP contribution in [-0.2, 0) is 16.1 Å². The summed E-state index contributed by atoms with van der Waals surface area (Å²) in [7, 11) is 3.83. The average Bonchev–Trinajstić information content (AvgIpc) is 3.06. The van der Waals surface area contributed by atoms with E-state index in [1.165, 1.54) is 18.3 Å². The molecule has 2 N–H and O–H groups in total. The fourth-order valence-corrected chi connectivity index (χ4v) is 3.16. The maximum Gasteiger partial charge on any atom is 0.222 e. The van der Waals surface area contributed by atoms with Gasteiger partial charge >= 0.3 is 0 Å². The number of nitrogens with zero attached hydrogens (tertiary/aromatic N) is 2. The van der Waals surface area contributed by atoms with E-state index in [1.807, 2.05) is 48.6 Å². The van der Waals surface area contributed by atoms with E-state index in [4.69, 9.17) is 0 Å². The summed E-state index contributed by atoms with van der Waals surface area (Å²) < 4.78 is 0. The largest absolute Gasteiger partial charge is 0.362 e. The molecule has 1 atom stereocenters. The zero-order chi connectivity index (χ0) is 17.5. The molecule has 2 aromatic heterocycles. The Labute approximate surface area is 145 Å². The summed E-state index contributed by atoms with van der Waals surface area (Å²) in [6.07, 6.45) is 1.93. The lowest BCUT2D eigenvalue weighted by molar-refractivity contribution is -0.122. The lowest BCUT2D eigenvalue weighted by Crippen LogP contribution is -2.32. The Balaban J connectivity index is 1.98. The molecule has 0 aliphatic carbocycles. The molecule has 6 nitrogen and oxygen atoms in total. The highest BCUT2D eigenvalue weighted by Crippen LogP contribution is 2.22. The minimum Gasteiger partial charge on any atom is -0.362 e. The van der Waals surface area contributed by atoms with Gasteiger partial charge in [0, 0.05) is 44.2 Å². The Kier molecular flexibility index (Phi) is 6.31. The van der Waals surface area contributed by atoms with Crippen LogP contribution in [-0.4, -0.2) is 30.9 Å². The third kappa shape index (κ3) is 5.06. The van der Waals surface area contributed by atoms with E-state index >= 15 is 0 Å². The molecular formula is C17H22N4O2S. The second kappa shape index (κ2) is 8.44. The Morgan fingerprint density at radius 2 is 2.08 bits per heavy atom. The molecule has 2 aromatic rings. The molecule has 0 unspecified atom stereocenters. The second-order valence-corrected chi connectivity index (χ2v) is 6.61. The van der Waals surface area contributed by atoms with Crippen LogP contribution in [0, 0.1) is 0 Å². The molecule has 0 radical (unpaired) electrons. The SMILES string of the molecule is CC(=O)N[C@@H](CC(=O)NCc1cccnc1N(C)C)c1cccs1. The molecule has 0 bridgehead atoms. The maximum absolute atomic E-state index is 12.3. The number of hydrogen-bond donors (Lipinski definition) is 2. The van der Waals surface area contributed by atoms with Crippen LogP contribution in [0.2, 0.25) is 0 Å². The first-order valence-electron chi connectivity index (χ1n) is 7.65. The molecule has 2 rings (SSSR count). The lowest BCUT2D eigenvalue weighted by atomic mass is 10.1. The van der Waals surface area contributed by atoms with Crippen molar-refractivity contribution in [2.24, 2.45) is 0 Å². The van der Waals surface area contributed by atoms with Gasteiger partial charge in [0.05, 0.1) is 12.5 Å². The van der Waals surface area contributed by atoms with Crippen molar-refractivity contribution >= 4 is 29.0 Å². The van der Waals surface area contributed by atoms with Crippen molar-refractivity contribution in [2.45, 2.75) is 25.9 Å². The summed E-state index contributed by atoms with van der Waals surface area (Å²) in [5.41, 5.74) is 0.947. The average molecular weight is 346 g/mol. The van der Waals surface area contributed by atoms with Gasteiger partial charge in [-0.3, -0.25) is 9.59 Å². The number of nitrogens with one attached hydrogen (secondary N) is 2. The molecule has 0 spiro atoms. The van der Waals surface area contributed by atoms with E-state index in [0.29, 0.717) is 6.54 Å². The van der Waals surface area contributed by atoms with Crippen molar-refractivity contribution < 1.29 is 9.59 Å². The minimum atomic E-state index is -0.301. The van der Waals surface area contributed by atoms with Gasteiger partial charge < -0.3 is 15.5 Å². The molecule has 2 amide bonds. The van der Waals surface area contributed by atoms with Crippen LogP contribution in [0.1, 0.15) is 29.8 Å². The number of pyridine rings is 1. The Bertz CT molecular complexity index is 686. The lowest BCUT2D eigenvalue weighted by Gasteiger charge is -2.18. The van der Waals surface area contributed by atoms with Crippen molar-refractivity contribution in [2.75, 3.05) is 19.0 Å². The Morgan fingerprint density at radius 1 is 1.29 bits per heavy atom. The van der Waals surface area contributed by atoms with Crippen molar-refractivity contribution in [3.63, 3.8) is 0 Å². The molecule has 0 aliphatic rings. The highest BCUT2D eigenvalue weighted by atomic mass is 32.1. The number of amides is 2. The van der Waals surface area contributed by atoms with E-state index in [0.717, 1.165) is 16.3 Å². The molecule has 128 valence electrons. The van der Waals surface area contributed by atoms with Gasteiger partial charge in [-0.05, 0) is 17.5 Å². The van der Waals surface area contributed by atoms with Gasteiger partial charge in [-0.15, -0.1) is 11.3 Å². The Hall–Kier alpha value is -2.41. The van der Waals surface area contributed by atoms with Crippen LogP contribution in [0.3, 0.4) is 0 Å². The topological polar surface area (TPSA) is 74.3 Å². The van der Waals surface area contributed by atoms with Crippen LogP contribution in [0.25, 0.3) is 0 Å². The van der Waals surface area contributed by atoms with Crippen molar-refractivity contribution in [3.05, 3.63) is 46.3 Å². The Morgan fingerprint density at radius 3 is 2.71 bits per heavy atom. The van der Waals surface area contributed by atoms with Crippen LogP contribution >= 0.6 is 11.3 Å². The van der Waals surface area contributed by atoms with Gasteiger partial charge in [0.25, 0.3) is 0 Å². The number of hydrogen-bond acceptors (Lipinski definition) is 5. The summed E-state index contributed by atoms with van der Waals surface area (Å²) >= 11 is 1.52. The van der Waals surface area contributed by atoms with Gasteiger partial charge in [0.1, 0.15) is 5.82 Å². The number of carbonyl (C=O) groups is 2. The number of thiophene rings is 1. The van der Waals surface area contributed by atoms with Gasteiger partial charge in [-0.2, -0.15) is 0 Å². The van der Waals surface area contributed by atoms with Crippen molar-refractivity contribution in [3.8, 4) is 0 Å². The van der Waals surface area contributed by atoms with E-state index < -0.39 is 0 Å². The van der Waals surface area contributed by atoms with E-state index in [9.17, 15) is 9.59 Å². The van der Waals surface area contributed by atoms with Crippen LogP contribution in [0.15, 0.2) is 35.8 Å². The highest BCUT2D eigenvalue weighted by molar-refractivity contribution is 7.10. The zero-order valence-corrected chi connectivity index (χ0v) is 14.9. The van der Waals surface area contributed by atoms with E-state index in [1.54, 1.807) is 6.20 Å². The smallest absolute Gasteiger partial charge is 0.222 e. The van der Waals surface area contributed by atoms with E-state index in [-0.39, 0.29) is 24.3 Å². The standard InChI is InChI=1S/C17H22N4O2S/c1-12(22)20-14(15-7-5-9-24-15)10-16(23)19-11-13-6-4-8-18-17(13)21(2)3/h4-9,14H,10-11H2,1-3H3,(H,19,23)(H,20,22)/t14-/m0/s1. The third-order valence-corrected chi connectivity index (χ3v) is 4.41. The van der Waals surface area contributed by atoms with Crippen LogP contribution in [0.4, 0.5) is 5.82 Å². The molecule has 2 heterocycles. The number of rotatable bonds is 7. The fraction of sp³-hybridized carbons (Fsp3) is 0.353. The molecule has 0 saturated carbocycles. The van der Waals surface area contributed by atoms with Crippen LogP contribution < -0.4 is 15.5 Å². The summed E-state index contributed by atoms with van der Waals surface area (Å²) in [6, 6.07) is 7.31. The summed E-state index contributed by atoms with van der Waals surface area (Å²) in [5, 5.41) is 7.67. The van der Waals surface area contributed by atoms with Gasteiger partial charge in [-0.1, -0.05) is 12.1 Å². The molecule has 0 saturated heterocycles. The minimum absolute atomic E-state index is 0.115. The third-order valence-electron chi connectivity index (χ3n) is 3.42. The van der Waals surface area contributed by atoms with Crippen molar-refractivity contribution in [1.29, 1.82) is 0 Å². The summed E-state index contributed by atoms with van der Waals surface area (Å²) in [4.78, 5) is 30.9. The van der Waals surface area contributed by atoms with E-state index in [2.05, 4.69) is 15.6 Å². The number of aromatic nitrogens is 1. The zero-order valence-electron chi connectivity index (χ0n) is 14.1. The maximum atomic E-state index is 12.3. The normalized spacial score (nSPS) is 11.6. The fourth-order valence-electron chi connectivity index (χ4n) is 2.38. The first-order valence-corrected chi connectivity index (χ1v) is 8.53. The first-order chi connectivity index (χ1) is 11.5. The number of anilines is 1. The molecule has 0 aromatic carbocycles. The van der Waals surface area contributed by atoms with Crippen LogP contribution in [0.5, 0.6) is 0 Å². The quantitative estimate of drug-likeness (QED) is 0.805. The summed E-state index contributed by atoms with van der Waals surface area (Å²) in [5.74, 6) is 0.563. The molecule has 24 heavy (non-hydrogen) atoms.